The Morgan fingerprint density at radius 3 is 2.90 bits per heavy atom. The van der Waals surface area contributed by atoms with Crippen LogP contribution in [0.4, 0.5) is 0 Å². The summed E-state index contributed by atoms with van der Waals surface area (Å²) in [5.74, 6) is 0.326. The molecular formula is C14H20N2O4. The summed E-state index contributed by atoms with van der Waals surface area (Å²) >= 11 is 0. The van der Waals surface area contributed by atoms with Crippen LogP contribution in [0.3, 0.4) is 0 Å². The maximum atomic E-state index is 11.6. The van der Waals surface area contributed by atoms with Crippen molar-refractivity contribution in [1.29, 1.82) is 0 Å². The zero-order chi connectivity index (χ0) is 15.0. The second-order valence-corrected chi connectivity index (χ2v) is 4.43. The number of rotatable bonds is 7. The number of carbonyl (C=O) groups is 1. The van der Waals surface area contributed by atoms with Crippen molar-refractivity contribution in [3.63, 3.8) is 0 Å². The highest BCUT2D eigenvalue weighted by Gasteiger charge is 2.08. The lowest BCUT2D eigenvalue weighted by Crippen LogP contribution is -2.38. The van der Waals surface area contributed by atoms with Gasteiger partial charge in [0.15, 0.2) is 6.61 Å². The molecular weight excluding hydrogens is 260 g/mol. The molecule has 1 aromatic carbocycles. The van der Waals surface area contributed by atoms with Crippen molar-refractivity contribution in [2.45, 2.75) is 19.9 Å². The number of benzene rings is 1. The van der Waals surface area contributed by atoms with Crippen LogP contribution in [-0.2, 0) is 9.53 Å². The van der Waals surface area contributed by atoms with E-state index in [-0.39, 0.29) is 18.6 Å². The normalized spacial score (nSPS) is 12.8. The second-order valence-electron chi connectivity index (χ2n) is 4.43. The summed E-state index contributed by atoms with van der Waals surface area (Å²) in [6.45, 7) is 3.90. The molecule has 1 amide bonds. The van der Waals surface area contributed by atoms with E-state index < -0.39 is 0 Å². The number of nitrogens with zero attached hydrogens (tertiary/aromatic N) is 1. The Morgan fingerprint density at radius 2 is 2.25 bits per heavy atom. The fourth-order valence-corrected chi connectivity index (χ4v) is 1.63. The largest absolute Gasteiger partial charge is 0.484 e. The molecule has 0 bridgehead atoms. The fourth-order valence-electron chi connectivity index (χ4n) is 1.63. The molecule has 110 valence electrons. The maximum Gasteiger partial charge on any atom is 0.258 e. The van der Waals surface area contributed by atoms with Gasteiger partial charge in [-0.3, -0.25) is 4.79 Å². The SMILES string of the molecule is COCC(C)NC(=O)COc1cccc(C(C)=NO)c1. The van der Waals surface area contributed by atoms with E-state index in [0.29, 0.717) is 18.1 Å². The van der Waals surface area contributed by atoms with Crippen molar-refractivity contribution in [2.75, 3.05) is 20.3 Å². The molecule has 0 fully saturated rings. The van der Waals surface area contributed by atoms with Gasteiger partial charge in [0, 0.05) is 18.7 Å². The zero-order valence-corrected chi connectivity index (χ0v) is 11.9. The van der Waals surface area contributed by atoms with Crippen LogP contribution in [0.1, 0.15) is 19.4 Å². The lowest BCUT2D eigenvalue weighted by molar-refractivity contribution is -0.124. The van der Waals surface area contributed by atoms with Gasteiger partial charge in [-0.15, -0.1) is 0 Å². The molecule has 0 heterocycles. The fraction of sp³-hybridized carbons (Fsp3) is 0.429. The van der Waals surface area contributed by atoms with Crippen LogP contribution in [0.5, 0.6) is 5.75 Å². The minimum atomic E-state index is -0.215. The highest BCUT2D eigenvalue weighted by Crippen LogP contribution is 2.13. The number of ether oxygens (including phenoxy) is 2. The number of amides is 1. The van der Waals surface area contributed by atoms with Gasteiger partial charge in [-0.1, -0.05) is 17.3 Å². The first-order chi connectivity index (χ1) is 9.56. The molecule has 0 aliphatic heterocycles. The quantitative estimate of drug-likeness (QED) is 0.449. The summed E-state index contributed by atoms with van der Waals surface area (Å²) < 4.78 is 10.3. The summed E-state index contributed by atoms with van der Waals surface area (Å²) in [5, 5.41) is 14.6. The topological polar surface area (TPSA) is 80.2 Å². The van der Waals surface area contributed by atoms with Gasteiger partial charge < -0.3 is 20.0 Å². The smallest absolute Gasteiger partial charge is 0.258 e. The van der Waals surface area contributed by atoms with E-state index in [0.717, 1.165) is 5.56 Å². The molecule has 1 rings (SSSR count). The number of hydrogen-bond acceptors (Lipinski definition) is 5. The molecule has 6 nitrogen and oxygen atoms in total. The summed E-state index contributed by atoms with van der Waals surface area (Å²) in [7, 11) is 1.58. The third-order valence-corrected chi connectivity index (χ3v) is 2.60. The van der Waals surface area contributed by atoms with Crippen molar-refractivity contribution in [1.82, 2.24) is 5.32 Å². The molecule has 0 aromatic heterocycles. The molecule has 1 aromatic rings. The van der Waals surface area contributed by atoms with Gasteiger partial charge in [-0.05, 0) is 26.0 Å². The monoisotopic (exact) mass is 280 g/mol. The van der Waals surface area contributed by atoms with Gasteiger partial charge in [0.1, 0.15) is 5.75 Å². The van der Waals surface area contributed by atoms with E-state index in [1.807, 2.05) is 6.92 Å². The van der Waals surface area contributed by atoms with Crippen molar-refractivity contribution < 1.29 is 19.5 Å². The first kappa shape index (κ1) is 16.0. The summed E-state index contributed by atoms with van der Waals surface area (Å²) in [6.07, 6.45) is 0. The molecule has 0 radical (unpaired) electrons. The van der Waals surface area contributed by atoms with Gasteiger partial charge in [-0.25, -0.2) is 0 Å². The van der Waals surface area contributed by atoms with Gasteiger partial charge in [0.25, 0.3) is 5.91 Å². The third kappa shape index (κ3) is 5.27. The summed E-state index contributed by atoms with van der Waals surface area (Å²) in [6, 6.07) is 6.94. The molecule has 0 saturated carbocycles. The molecule has 0 aliphatic rings. The molecule has 6 heteroatoms. The molecule has 0 saturated heterocycles. The van der Waals surface area contributed by atoms with E-state index in [4.69, 9.17) is 14.7 Å². The number of oxime groups is 1. The van der Waals surface area contributed by atoms with Crippen molar-refractivity contribution >= 4 is 11.6 Å². The van der Waals surface area contributed by atoms with Crippen molar-refractivity contribution in [3.8, 4) is 5.75 Å². The predicted molar refractivity (Wildman–Crippen MR) is 75.4 cm³/mol. The van der Waals surface area contributed by atoms with E-state index in [9.17, 15) is 4.79 Å². The van der Waals surface area contributed by atoms with Gasteiger partial charge >= 0.3 is 0 Å². The van der Waals surface area contributed by atoms with Crippen LogP contribution in [0.15, 0.2) is 29.4 Å². The van der Waals surface area contributed by atoms with Crippen LogP contribution in [-0.4, -0.2) is 43.2 Å². The van der Waals surface area contributed by atoms with E-state index >= 15 is 0 Å². The molecule has 0 spiro atoms. The van der Waals surface area contributed by atoms with Crippen molar-refractivity contribution in [3.05, 3.63) is 29.8 Å². The van der Waals surface area contributed by atoms with E-state index in [2.05, 4.69) is 10.5 Å². The summed E-state index contributed by atoms with van der Waals surface area (Å²) in [5.41, 5.74) is 1.21. The lowest BCUT2D eigenvalue weighted by Gasteiger charge is -2.13. The second kappa shape index (κ2) is 8.16. The Balaban J connectivity index is 2.51. The molecule has 2 N–H and O–H groups in total. The maximum absolute atomic E-state index is 11.6. The molecule has 20 heavy (non-hydrogen) atoms. The lowest BCUT2D eigenvalue weighted by atomic mass is 10.1. The number of nitrogens with one attached hydrogen (secondary N) is 1. The molecule has 0 aliphatic carbocycles. The summed E-state index contributed by atoms with van der Waals surface area (Å²) in [4.78, 5) is 11.6. The Kier molecular flexibility index (Phi) is 6.52. The molecule has 1 unspecified atom stereocenters. The van der Waals surface area contributed by atoms with E-state index in [1.165, 1.54) is 0 Å². The third-order valence-electron chi connectivity index (χ3n) is 2.60. The average molecular weight is 280 g/mol. The number of hydrogen-bond donors (Lipinski definition) is 2. The van der Waals surface area contributed by atoms with Crippen LogP contribution in [0, 0.1) is 0 Å². The van der Waals surface area contributed by atoms with Crippen LogP contribution >= 0.6 is 0 Å². The first-order valence-electron chi connectivity index (χ1n) is 6.27. The Morgan fingerprint density at radius 1 is 1.50 bits per heavy atom. The highest BCUT2D eigenvalue weighted by molar-refractivity contribution is 5.98. The first-order valence-corrected chi connectivity index (χ1v) is 6.27. The Bertz CT molecular complexity index is 474. The standard InChI is InChI=1S/C14H20N2O4/c1-10(8-19-3)15-14(17)9-20-13-6-4-5-12(7-13)11(2)16-18/h4-7,10,18H,8-9H2,1-3H3,(H,15,17). The average Bonchev–Trinajstić information content (AvgIpc) is 2.44. The van der Waals surface area contributed by atoms with Gasteiger partial charge in [0.2, 0.25) is 0 Å². The van der Waals surface area contributed by atoms with Crippen LogP contribution in [0.2, 0.25) is 0 Å². The minimum Gasteiger partial charge on any atom is -0.484 e. The van der Waals surface area contributed by atoms with Crippen molar-refractivity contribution in [2.24, 2.45) is 5.16 Å². The Labute approximate surface area is 118 Å². The predicted octanol–water partition coefficient (Wildman–Crippen LogP) is 1.41. The number of methoxy groups -OCH3 is 1. The van der Waals surface area contributed by atoms with Crippen LogP contribution in [0.25, 0.3) is 0 Å². The zero-order valence-electron chi connectivity index (χ0n) is 11.9. The van der Waals surface area contributed by atoms with Gasteiger partial charge in [0.05, 0.1) is 12.3 Å². The van der Waals surface area contributed by atoms with Gasteiger partial charge in [-0.2, -0.15) is 0 Å². The Hall–Kier alpha value is -2.08. The number of carbonyl (C=O) groups excluding carboxylic acids is 1. The highest BCUT2D eigenvalue weighted by atomic mass is 16.5. The molecule has 1 atom stereocenters. The van der Waals surface area contributed by atoms with Crippen LogP contribution < -0.4 is 10.1 Å². The minimum absolute atomic E-state index is 0.0637. The van der Waals surface area contributed by atoms with E-state index in [1.54, 1.807) is 38.3 Å².